The molecule has 1 aliphatic heterocycles. The molecule has 2 heterocycles. The van der Waals surface area contributed by atoms with Gasteiger partial charge in [0.1, 0.15) is 17.5 Å². The predicted molar refractivity (Wildman–Crippen MR) is 132 cm³/mol. The molecule has 0 saturated heterocycles. The van der Waals surface area contributed by atoms with Gasteiger partial charge in [-0.15, -0.1) is 0 Å². The van der Waals surface area contributed by atoms with E-state index in [2.05, 4.69) is 10.3 Å². The number of hydrogen-bond acceptors (Lipinski definition) is 6. The number of amidine groups is 1. The lowest BCUT2D eigenvalue weighted by molar-refractivity contribution is 0.0166. The molecule has 0 fully saturated rings. The van der Waals surface area contributed by atoms with Crippen molar-refractivity contribution in [3.05, 3.63) is 76.3 Å². The van der Waals surface area contributed by atoms with Gasteiger partial charge in [0.25, 0.3) is 11.8 Å². The summed E-state index contributed by atoms with van der Waals surface area (Å²) in [7, 11) is 0. The number of fused-ring (bicyclic) bond motifs is 1. The van der Waals surface area contributed by atoms with Gasteiger partial charge in [-0.05, 0) is 53.4 Å². The van der Waals surface area contributed by atoms with Gasteiger partial charge in [-0.2, -0.15) is 5.26 Å². The van der Waals surface area contributed by atoms with Gasteiger partial charge in [-0.25, -0.2) is 13.8 Å². The van der Waals surface area contributed by atoms with Crippen LogP contribution in [0.3, 0.4) is 0 Å². The average Bonchev–Trinajstić information content (AvgIpc) is 3.19. The molecule has 36 heavy (non-hydrogen) atoms. The summed E-state index contributed by atoms with van der Waals surface area (Å²) < 4.78 is 28.5. The quantitative estimate of drug-likeness (QED) is 0.214. The van der Waals surface area contributed by atoms with E-state index >= 15 is 0 Å². The van der Waals surface area contributed by atoms with Gasteiger partial charge >= 0.3 is 0 Å². The van der Waals surface area contributed by atoms with E-state index in [1.165, 1.54) is 29.2 Å². The Morgan fingerprint density at radius 2 is 2.06 bits per heavy atom. The standard InChI is InChI=1S/C26H24F2N6O2/c1-26(27,28)21-5-2-4-18-20(21)14-34(25(18)36)23-12-16(11-22(33-23)32-8-3-9-35)17-7-6-15(13-29)10-19(17)24(30)31/h2,4-7,10-12,35H,3,8-9,14H2,1H3,(H3,30,31)(H,32,33). The van der Waals surface area contributed by atoms with E-state index in [-0.39, 0.29) is 41.5 Å². The van der Waals surface area contributed by atoms with Crippen LogP contribution in [0.1, 0.15) is 46.0 Å². The molecule has 0 unspecified atom stereocenters. The molecule has 8 nitrogen and oxygen atoms in total. The van der Waals surface area contributed by atoms with Crippen LogP contribution in [0.25, 0.3) is 11.1 Å². The molecular formula is C26H24F2N6O2. The molecule has 0 radical (unpaired) electrons. The molecule has 5 N–H and O–H groups in total. The highest BCUT2D eigenvalue weighted by atomic mass is 19.3. The van der Waals surface area contributed by atoms with Crippen LogP contribution in [-0.2, 0) is 12.5 Å². The maximum atomic E-state index is 14.2. The molecule has 0 atom stereocenters. The molecule has 0 aliphatic carbocycles. The Morgan fingerprint density at radius 3 is 2.72 bits per heavy atom. The molecule has 0 spiro atoms. The number of nitrogens with two attached hydrogens (primary N) is 1. The van der Waals surface area contributed by atoms with Crippen molar-refractivity contribution in [2.45, 2.75) is 25.8 Å². The minimum absolute atomic E-state index is 0.0302. The number of nitrogens with one attached hydrogen (secondary N) is 2. The maximum Gasteiger partial charge on any atom is 0.270 e. The highest BCUT2D eigenvalue weighted by Crippen LogP contribution is 2.38. The van der Waals surface area contributed by atoms with Gasteiger partial charge in [0.15, 0.2) is 0 Å². The van der Waals surface area contributed by atoms with Crippen LogP contribution in [0, 0.1) is 16.7 Å². The number of nitrogen functional groups attached to an aromatic ring is 1. The molecule has 1 amide bonds. The lowest BCUT2D eigenvalue weighted by atomic mass is 9.97. The van der Waals surface area contributed by atoms with Gasteiger partial charge in [0, 0.05) is 36.8 Å². The number of anilines is 2. The second kappa shape index (κ2) is 9.71. The number of halogens is 2. The number of rotatable bonds is 8. The largest absolute Gasteiger partial charge is 0.396 e. The zero-order chi connectivity index (χ0) is 26.0. The maximum absolute atomic E-state index is 14.2. The second-order valence-corrected chi connectivity index (χ2v) is 8.50. The fourth-order valence-corrected chi connectivity index (χ4v) is 4.21. The highest BCUT2D eigenvalue weighted by Gasteiger charge is 2.37. The summed E-state index contributed by atoms with van der Waals surface area (Å²) in [6.45, 7) is 1.09. The Hall–Kier alpha value is -4.36. The third kappa shape index (κ3) is 4.74. The number of aliphatic hydroxyl groups excluding tert-OH is 1. The number of amides is 1. The first-order chi connectivity index (χ1) is 17.1. The van der Waals surface area contributed by atoms with E-state index in [0.717, 1.165) is 6.92 Å². The Kier molecular flexibility index (Phi) is 6.68. The summed E-state index contributed by atoms with van der Waals surface area (Å²) >= 11 is 0. The minimum Gasteiger partial charge on any atom is -0.396 e. The van der Waals surface area contributed by atoms with Crippen molar-refractivity contribution in [1.82, 2.24) is 4.98 Å². The molecule has 0 saturated carbocycles. The van der Waals surface area contributed by atoms with E-state index in [9.17, 15) is 18.8 Å². The zero-order valence-corrected chi connectivity index (χ0v) is 19.5. The van der Waals surface area contributed by atoms with E-state index in [0.29, 0.717) is 41.0 Å². The smallest absolute Gasteiger partial charge is 0.270 e. The van der Waals surface area contributed by atoms with E-state index < -0.39 is 11.8 Å². The van der Waals surface area contributed by atoms with Crippen LogP contribution in [-0.4, -0.2) is 35.0 Å². The lowest BCUT2D eigenvalue weighted by Crippen LogP contribution is -2.24. The van der Waals surface area contributed by atoms with Gasteiger partial charge in [0.05, 0.1) is 18.2 Å². The van der Waals surface area contributed by atoms with Crippen molar-refractivity contribution in [2.24, 2.45) is 5.73 Å². The molecule has 10 heteroatoms. The number of alkyl halides is 2. The van der Waals surface area contributed by atoms with Crippen LogP contribution < -0.4 is 16.0 Å². The van der Waals surface area contributed by atoms with Gasteiger partial charge in [-0.3, -0.25) is 15.1 Å². The van der Waals surface area contributed by atoms with E-state index in [1.54, 1.807) is 24.3 Å². The minimum atomic E-state index is -3.12. The van der Waals surface area contributed by atoms with Crippen molar-refractivity contribution in [3.8, 4) is 17.2 Å². The van der Waals surface area contributed by atoms with Crippen molar-refractivity contribution in [1.29, 1.82) is 10.7 Å². The van der Waals surface area contributed by atoms with Crippen LogP contribution in [0.15, 0.2) is 48.5 Å². The summed E-state index contributed by atoms with van der Waals surface area (Å²) in [6.07, 6.45) is 0.458. The van der Waals surface area contributed by atoms with E-state index in [4.69, 9.17) is 16.2 Å². The number of aliphatic hydroxyl groups is 1. The van der Waals surface area contributed by atoms with Gasteiger partial charge < -0.3 is 16.2 Å². The molecule has 0 bridgehead atoms. The second-order valence-electron chi connectivity index (χ2n) is 8.50. The molecule has 3 aromatic rings. The predicted octanol–water partition coefficient (Wildman–Crippen LogP) is 3.97. The van der Waals surface area contributed by atoms with E-state index in [1.807, 2.05) is 6.07 Å². The third-order valence-corrected chi connectivity index (χ3v) is 5.92. The SMILES string of the molecule is CC(F)(F)c1cccc2c1CN(c1cc(-c3ccc(C#N)cc3C(=N)N)cc(NCCCO)n1)C2=O. The number of carbonyl (C=O) groups is 1. The number of nitrogens with zero attached hydrogens (tertiary/aromatic N) is 3. The summed E-state index contributed by atoms with van der Waals surface area (Å²) in [6, 6.07) is 14.4. The highest BCUT2D eigenvalue weighted by molar-refractivity contribution is 6.10. The molecule has 1 aromatic heterocycles. The van der Waals surface area contributed by atoms with Crippen LogP contribution in [0.5, 0.6) is 0 Å². The lowest BCUT2D eigenvalue weighted by Gasteiger charge is -2.19. The number of benzene rings is 2. The summed E-state index contributed by atoms with van der Waals surface area (Å²) in [5, 5.41) is 29.5. The number of hydrogen-bond donors (Lipinski definition) is 4. The molecule has 4 rings (SSSR count). The Morgan fingerprint density at radius 1 is 1.28 bits per heavy atom. The van der Waals surface area contributed by atoms with Crippen molar-refractivity contribution < 1.29 is 18.7 Å². The first-order valence-electron chi connectivity index (χ1n) is 11.2. The van der Waals surface area contributed by atoms with Crippen molar-refractivity contribution >= 4 is 23.4 Å². The summed E-state index contributed by atoms with van der Waals surface area (Å²) in [4.78, 5) is 19.1. The Balaban J connectivity index is 1.83. The monoisotopic (exact) mass is 490 g/mol. The van der Waals surface area contributed by atoms with Crippen molar-refractivity contribution in [3.63, 3.8) is 0 Å². The zero-order valence-electron chi connectivity index (χ0n) is 19.5. The van der Waals surface area contributed by atoms with Crippen LogP contribution in [0.4, 0.5) is 20.4 Å². The first kappa shape index (κ1) is 24.8. The first-order valence-corrected chi connectivity index (χ1v) is 11.2. The van der Waals surface area contributed by atoms with Crippen molar-refractivity contribution in [2.75, 3.05) is 23.4 Å². The van der Waals surface area contributed by atoms with Gasteiger partial charge in [0.2, 0.25) is 0 Å². The summed E-state index contributed by atoms with van der Waals surface area (Å²) in [5.41, 5.74) is 7.79. The third-order valence-electron chi connectivity index (χ3n) is 5.92. The number of carbonyl (C=O) groups excluding carboxylic acids is 1. The number of pyridine rings is 1. The Bertz CT molecular complexity index is 1390. The summed E-state index contributed by atoms with van der Waals surface area (Å²) in [5.74, 6) is -3.19. The number of aromatic nitrogens is 1. The molecule has 1 aliphatic rings. The average molecular weight is 491 g/mol. The molecule has 2 aromatic carbocycles. The fourth-order valence-electron chi connectivity index (χ4n) is 4.21. The molecular weight excluding hydrogens is 466 g/mol. The fraction of sp³-hybridized carbons (Fsp3) is 0.231. The number of nitriles is 1. The van der Waals surface area contributed by atoms with Crippen LogP contribution in [0.2, 0.25) is 0 Å². The Labute approximate surface area is 206 Å². The topological polar surface area (TPSA) is 139 Å². The van der Waals surface area contributed by atoms with Crippen LogP contribution >= 0.6 is 0 Å². The van der Waals surface area contributed by atoms with Gasteiger partial charge in [-0.1, -0.05) is 18.2 Å². The normalized spacial score (nSPS) is 12.9. The molecule has 184 valence electrons.